The predicted octanol–water partition coefficient (Wildman–Crippen LogP) is -0.380. The monoisotopic (exact) mass is 230 g/mol. The molecule has 2 saturated heterocycles. The van der Waals surface area contributed by atoms with Gasteiger partial charge in [-0.25, -0.2) is 0 Å². The van der Waals surface area contributed by atoms with E-state index in [-0.39, 0.29) is 6.29 Å². The van der Waals surface area contributed by atoms with E-state index in [1.54, 1.807) is 14.2 Å². The SMILES string of the molecule is COC(CN1CC2OCCN(C)C2C1)OC. The first-order valence-electron chi connectivity index (χ1n) is 5.84. The smallest absolute Gasteiger partial charge is 0.169 e. The fourth-order valence-electron chi connectivity index (χ4n) is 2.54. The van der Waals surface area contributed by atoms with Gasteiger partial charge in [0.25, 0.3) is 0 Å². The van der Waals surface area contributed by atoms with E-state index >= 15 is 0 Å². The van der Waals surface area contributed by atoms with Gasteiger partial charge in [-0.15, -0.1) is 0 Å². The Morgan fingerprint density at radius 3 is 2.69 bits per heavy atom. The summed E-state index contributed by atoms with van der Waals surface area (Å²) >= 11 is 0. The highest BCUT2D eigenvalue weighted by Gasteiger charge is 2.38. The van der Waals surface area contributed by atoms with Gasteiger partial charge in [0.1, 0.15) is 0 Å². The summed E-state index contributed by atoms with van der Waals surface area (Å²) in [6.45, 7) is 4.73. The van der Waals surface area contributed by atoms with E-state index < -0.39 is 0 Å². The molecule has 16 heavy (non-hydrogen) atoms. The van der Waals surface area contributed by atoms with Gasteiger partial charge in [0.15, 0.2) is 6.29 Å². The van der Waals surface area contributed by atoms with Gasteiger partial charge in [0.05, 0.1) is 12.7 Å². The maximum atomic E-state index is 5.79. The van der Waals surface area contributed by atoms with Crippen LogP contribution < -0.4 is 0 Å². The number of hydrogen-bond donors (Lipinski definition) is 0. The molecule has 5 nitrogen and oxygen atoms in total. The zero-order chi connectivity index (χ0) is 11.5. The Morgan fingerprint density at radius 1 is 1.31 bits per heavy atom. The minimum atomic E-state index is -0.134. The van der Waals surface area contributed by atoms with Crippen molar-refractivity contribution in [2.24, 2.45) is 0 Å². The highest BCUT2D eigenvalue weighted by Crippen LogP contribution is 2.21. The molecule has 0 aromatic carbocycles. The molecular formula is C11H22N2O3. The summed E-state index contributed by atoms with van der Waals surface area (Å²) in [4.78, 5) is 4.75. The predicted molar refractivity (Wildman–Crippen MR) is 60.4 cm³/mol. The first-order valence-corrected chi connectivity index (χ1v) is 5.84. The molecule has 2 atom stereocenters. The molecule has 2 unspecified atom stereocenters. The van der Waals surface area contributed by atoms with E-state index in [2.05, 4.69) is 16.8 Å². The number of nitrogens with zero attached hydrogens (tertiary/aromatic N) is 2. The second-order valence-electron chi connectivity index (χ2n) is 4.58. The Morgan fingerprint density at radius 2 is 2.06 bits per heavy atom. The molecule has 0 N–H and O–H groups in total. The lowest BCUT2D eigenvalue weighted by Crippen LogP contribution is -2.48. The average molecular weight is 230 g/mol. The number of methoxy groups -OCH3 is 2. The molecule has 5 heteroatoms. The Bertz CT molecular complexity index is 223. The maximum Gasteiger partial charge on any atom is 0.169 e. The first-order chi connectivity index (χ1) is 7.74. The lowest BCUT2D eigenvalue weighted by atomic mass is 10.1. The summed E-state index contributed by atoms with van der Waals surface area (Å²) in [6.07, 6.45) is 0.221. The molecule has 2 rings (SSSR count). The quantitative estimate of drug-likeness (QED) is 0.615. The van der Waals surface area contributed by atoms with E-state index in [0.29, 0.717) is 12.1 Å². The molecule has 0 bridgehead atoms. The molecule has 0 saturated carbocycles. The van der Waals surface area contributed by atoms with Gasteiger partial charge in [0, 0.05) is 46.4 Å². The van der Waals surface area contributed by atoms with Gasteiger partial charge in [-0.2, -0.15) is 0 Å². The van der Waals surface area contributed by atoms with Crippen LogP contribution in [0.25, 0.3) is 0 Å². The highest BCUT2D eigenvalue weighted by atomic mass is 16.7. The molecule has 2 aliphatic rings. The van der Waals surface area contributed by atoms with E-state index in [1.807, 2.05) is 0 Å². The average Bonchev–Trinajstić information content (AvgIpc) is 2.70. The summed E-state index contributed by atoms with van der Waals surface area (Å²) in [5, 5.41) is 0. The number of morpholine rings is 1. The van der Waals surface area contributed by atoms with Crippen LogP contribution in [0, 0.1) is 0 Å². The summed E-state index contributed by atoms with van der Waals surface area (Å²) in [5.74, 6) is 0. The molecule has 0 aliphatic carbocycles. The molecular weight excluding hydrogens is 208 g/mol. The standard InChI is InChI=1S/C11H22N2O3/c1-12-4-5-16-10-7-13(6-9(10)12)8-11(14-2)15-3/h9-11H,4-8H2,1-3H3. The van der Waals surface area contributed by atoms with Crippen LogP contribution in [-0.4, -0.2) is 82.3 Å². The van der Waals surface area contributed by atoms with Crippen molar-refractivity contribution in [1.82, 2.24) is 9.80 Å². The summed E-state index contributed by atoms with van der Waals surface area (Å²) in [6, 6.07) is 0.531. The van der Waals surface area contributed by atoms with Crippen molar-refractivity contribution < 1.29 is 14.2 Å². The maximum absolute atomic E-state index is 5.79. The fraction of sp³-hybridized carbons (Fsp3) is 1.00. The van der Waals surface area contributed by atoms with Crippen molar-refractivity contribution in [3.05, 3.63) is 0 Å². The number of fused-ring (bicyclic) bond motifs is 1. The molecule has 2 aliphatic heterocycles. The van der Waals surface area contributed by atoms with Gasteiger partial charge in [0.2, 0.25) is 0 Å². The molecule has 94 valence electrons. The number of likely N-dealkylation sites (tertiary alicyclic amines) is 1. The van der Waals surface area contributed by atoms with Crippen molar-refractivity contribution in [2.45, 2.75) is 18.4 Å². The lowest BCUT2D eigenvalue weighted by molar-refractivity contribution is -0.115. The van der Waals surface area contributed by atoms with Crippen molar-refractivity contribution in [3.63, 3.8) is 0 Å². The van der Waals surface area contributed by atoms with Gasteiger partial charge in [-0.3, -0.25) is 9.80 Å². The third-order valence-electron chi connectivity index (χ3n) is 3.59. The number of ether oxygens (including phenoxy) is 3. The van der Waals surface area contributed by atoms with Crippen LogP contribution in [0.1, 0.15) is 0 Å². The zero-order valence-electron chi connectivity index (χ0n) is 10.4. The van der Waals surface area contributed by atoms with Crippen LogP contribution in [0.15, 0.2) is 0 Å². The van der Waals surface area contributed by atoms with E-state index in [9.17, 15) is 0 Å². The van der Waals surface area contributed by atoms with Crippen molar-refractivity contribution in [3.8, 4) is 0 Å². The van der Waals surface area contributed by atoms with Gasteiger partial charge in [-0.05, 0) is 7.05 Å². The van der Waals surface area contributed by atoms with Crippen molar-refractivity contribution in [1.29, 1.82) is 0 Å². The van der Waals surface area contributed by atoms with Crippen LogP contribution in [-0.2, 0) is 14.2 Å². The largest absolute Gasteiger partial charge is 0.374 e. The van der Waals surface area contributed by atoms with Gasteiger partial charge >= 0.3 is 0 Å². The van der Waals surface area contributed by atoms with Crippen molar-refractivity contribution in [2.75, 3.05) is 54.1 Å². The molecule has 0 aromatic rings. The lowest BCUT2D eigenvalue weighted by Gasteiger charge is -2.33. The molecule has 2 heterocycles. The molecule has 0 spiro atoms. The topological polar surface area (TPSA) is 34.2 Å². The Balaban J connectivity index is 1.86. The zero-order valence-corrected chi connectivity index (χ0v) is 10.4. The van der Waals surface area contributed by atoms with Crippen LogP contribution in [0.4, 0.5) is 0 Å². The third kappa shape index (κ3) is 2.55. The van der Waals surface area contributed by atoms with Crippen LogP contribution in [0.2, 0.25) is 0 Å². The summed E-state index contributed by atoms with van der Waals surface area (Å²) in [5.41, 5.74) is 0. The van der Waals surface area contributed by atoms with Gasteiger partial charge in [-0.1, -0.05) is 0 Å². The van der Waals surface area contributed by atoms with Gasteiger partial charge < -0.3 is 14.2 Å². The third-order valence-corrected chi connectivity index (χ3v) is 3.59. The highest BCUT2D eigenvalue weighted by molar-refractivity contribution is 4.93. The van der Waals surface area contributed by atoms with E-state index in [1.165, 1.54) is 0 Å². The first kappa shape index (κ1) is 12.3. The number of likely N-dealkylation sites (N-methyl/N-ethyl adjacent to an activating group) is 1. The van der Waals surface area contributed by atoms with Crippen LogP contribution >= 0.6 is 0 Å². The fourth-order valence-corrected chi connectivity index (χ4v) is 2.54. The molecule has 0 radical (unpaired) electrons. The van der Waals surface area contributed by atoms with Crippen molar-refractivity contribution >= 4 is 0 Å². The second-order valence-corrected chi connectivity index (χ2v) is 4.58. The molecule has 0 amide bonds. The number of rotatable bonds is 4. The van der Waals surface area contributed by atoms with Crippen LogP contribution in [0.5, 0.6) is 0 Å². The Labute approximate surface area is 97.2 Å². The minimum absolute atomic E-state index is 0.134. The Kier molecular flexibility index (Phi) is 4.16. The normalized spacial score (nSPS) is 32.2. The minimum Gasteiger partial charge on any atom is -0.374 e. The number of hydrogen-bond acceptors (Lipinski definition) is 5. The van der Waals surface area contributed by atoms with E-state index in [0.717, 1.165) is 32.8 Å². The Hall–Kier alpha value is -0.200. The second kappa shape index (κ2) is 5.42. The molecule has 2 fully saturated rings. The van der Waals surface area contributed by atoms with Crippen LogP contribution in [0.3, 0.4) is 0 Å². The van der Waals surface area contributed by atoms with E-state index in [4.69, 9.17) is 14.2 Å². The summed E-state index contributed by atoms with van der Waals surface area (Å²) in [7, 11) is 5.54. The molecule has 0 aromatic heterocycles. The summed E-state index contributed by atoms with van der Waals surface area (Å²) < 4.78 is 16.2.